The smallest absolute Gasteiger partial charge is 0.354 e. The number of nitrogens with zero attached hydrogens (tertiary/aromatic N) is 2. The van der Waals surface area contributed by atoms with Gasteiger partial charge in [-0.05, 0) is 25.0 Å². The lowest BCUT2D eigenvalue weighted by Crippen LogP contribution is -2.33. The minimum Gasteiger partial charge on any atom is -0.354 e. The van der Waals surface area contributed by atoms with Gasteiger partial charge in [0.25, 0.3) is 0 Å². The molecule has 0 fully saturated rings. The molecule has 2 aromatic rings. The molecular formula is C18H22F3N3O. The maximum Gasteiger partial charge on any atom is 0.416 e. The van der Waals surface area contributed by atoms with Crippen LogP contribution in [0, 0.1) is 0 Å². The van der Waals surface area contributed by atoms with E-state index in [0.717, 1.165) is 18.0 Å². The summed E-state index contributed by atoms with van der Waals surface area (Å²) >= 11 is 0. The molecule has 7 heteroatoms. The number of carbonyl (C=O) groups is 1. The Morgan fingerprint density at radius 3 is 2.64 bits per heavy atom. The van der Waals surface area contributed by atoms with Gasteiger partial charge in [-0.2, -0.15) is 13.2 Å². The SMILES string of the molecule is CC(C)c1nccn1[C@@H](C)C(=O)NCCc1cccc(C(F)(F)F)c1. The number of aromatic nitrogens is 2. The van der Waals surface area contributed by atoms with Crippen LogP contribution in [0.5, 0.6) is 0 Å². The van der Waals surface area contributed by atoms with Crippen molar-refractivity contribution in [3.8, 4) is 0 Å². The molecule has 0 unspecified atom stereocenters. The van der Waals surface area contributed by atoms with Crippen LogP contribution in [0.15, 0.2) is 36.7 Å². The summed E-state index contributed by atoms with van der Waals surface area (Å²) in [5.74, 6) is 0.822. The molecule has 2 rings (SSSR count). The van der Waals surface area contributed by atoms with E-state index in [4.69, 9.17) is 0 Å². The van der Waals surface area contributed by atoms with Crippen molar-refractivity contribution >= 4 is 5.91 Å². The summed E-state index contributed by atoms with van der Waals surface area (Å²) in [7, 11) is 0. The van der Waals surface area contributed by atoms with Crippen molar-refractivity contribution in [2.24, 2.45) is 0 Å². The van der Waals surface area contributed by atoms with Gasteiger partial charge in [0.2, 0.25) is 5.91 Å². The topological polar surface area (TPSA) is 46.9 Å². The summed E-state index contributed by atoms with van der Waals surface area (Å²) in [6.07, 6.45) is -0.611. The van der Waals surface area contributed by atoms with Crippen LogP contribution in [-0.2, 0) is 17.4 Å². The van der Waals surface area contributed by atoms with Crippen LogP contribution >= 0.6 is 0 Å². The first kappa shape index (κ1) is 19.0. The first-order chi connectivity index (χ1) is 11.7. The van der Waals surface area contributed by atoms with Crippen molar-refractivity contribution in [1.82, 2.24) is 14.9 Å². The molecule has 1 aromatic carbocycles. The highest BCUT2D eigenvalue weighted by atomic mass is 19.4. The number of halogens is 3. The standard InChI is InChI=1S/C18H22F3N3O/c1-12(2)16-22-9-10-24(16)13(3)17(25)23-8-7-14-5-4-6-15(11-14)18(19,20)21/h4-6,9-13H,7-8H2,1-3H3,(H,23,25)/t13-/m0/s1. The first-order valence-corrected chi connectivity index (χ1v) is 8.16. The molecule has 1 atom stereocenters. The minimum absolute atomic E-state index is 0.188. The summed E-state index contributed by atoms with van der Waals surface area (Å²) in [6, 6.07) is 4.72. The van der Waals surface area contributed by atoms with E-state index in [1.807, 2.05) is 18.4 Å². The van der Waals surface area contributed by atoms with E-state index < -0.39 is 17.8 Å². The van der Waals surface area contributed by atoms with Gasteiger partial charge < -0.3 is 9.88 Å². The average Bonchev–Trinajstić information content (AvgIpc) is 3.03. The highest BCUT2D eigenvalue weighted by Gasteiger charge is 2.30. The Bertz CT molecular complexity index is 722. The van der Waals surface area contributed by atoms with E-state index in [9.17, 15) is 18.0 Å². The van der Waals surface area contributed by atoms with Gasteiger partial charge in [-0.1, -0.05) is 32.0 Å². The summed E-state index contributed by atoms with van der Waals surface area (Å²) in [4.78, 5) is 16.5. The van der Waals surface area contributed by atoms with Crippen LogP contribution in [0.1, 0.15) is 49.7 Å². The molecule has 0 aliphatic rings. The zero-order chi connectivity index (χ0) is 18.6. The maximum absolute atomic E-state index is 12.7. The van der Waals surface area contributed by atoms with E-state index in [1.165, 1.54) is 6.07 Å². The number of carbonyl (C=O) groups excluding carboxylic acids is 1. The number of amides is 1. The fourth-order valence-corrected chi connectivity index (χ4v) is 2.61. The Morgan fingerprint density at radius 2 is 2.00 bits per heavy atom. The molecule has 0 aliphatic carbocycles. The number of rotatable bonds is 6. The molecule has 0 aliphatic heterocycles. The highest BCUT2D eigenvalue weighted by Crippen LogP contribution is 2.29. The van der Waals surface area contributed by atoms with Gasteiger partial charge in [-0.15, -0.1) is 0 Å². The largest absolute Gasteiger partial charge is 0.416 e. The van der Waals surface area contributed by atoms with Gasteiger partial charge in [0, 0.05) is 24.9 Å². The number of imidazole rings is 1. The van der Waals surface area contributed by atoms with Crippen LogP contribution in [0.3, 0.4) is 0 Å². The zero-order valence-electron chi connectivity index (χ0n) is 14.5. The van der Waals surface area contributed by atoms with Crippen molar-refractivity contribution in [2.75, 3.05) is 6.54 Å². The molecule has 0 radical (unpaired) electrons. The lowest BCUT2D eigenvalue weighted by atomic mass is 10.1. The van der Waals surface area contributed by atoms with Gasteiger partial charge in [-0.25, -0.2) is 4.98 Å². The van der Waals surface area contributed by atoms with Crippen molar-refractivity contribution in [3.63, 3.8) is 0 Å². The second kappa shape index (κ2) is 7.72. The van der Waals surface area contributed by atoms with Crippen molar-refractivity contribution in [1.29, 1.82) is 0 Å². The number of hydrogen-bond acceptors (Lipinski definition) is 2. The van der Waals surface area contributed by atoms with Gasteiger partial charge in [0.1, 0.15) is 11.9 Å². The monoisotopic (exact) mass is 353 g/mol. The first-order valence-electron chi connectivity index (χ1n) is 8.16. The number of hydrogen-bond donors (Lipinski definition) is 1. The van der Waals surface area contributed by atoms with Crippen LogP contribution in [0.4, 0.5) is 13.2 Å². The van der Waals surface area contributed by atoms with E-state index in [-0.39, 0.29) is 18.4 Å². The lowest BCUT2D eigenvalue weighted by Gasteiger charge is -2.18. The molecule has 1 aromatic heterocycles. The quantitative estimate of drug-likeness (QED) is 0.855. The molecular weight excluding hydrogens is 331 g/mol. The summed E-state index contributed by atoms with van der Waals surface area (Å²) < 4.78 is 39.9. The summed E-state index contributed by atoms with van der Waals surface area (Å²) in [6.45, 7) is 6.04. The van der Waals surface area contributed by atoms with E-state index >= 15 is 0 Å². The summed E-state index contributed by atoms with van der Waals surface area (Å²) in [5.41, 5.74) is -0.141. The zero-order valence-corrected chi connectivity index (χ0v) is 14.5. The number of nitrogens with one attached hydrogen (secondary N) is 1. The third kappa shape index (κ3) is 4.84. The van der Waals surface area contributed by atoms with Crippen molar-refractivity contribution in [3.05, 3.63) is 53.6 Å². The Kier molecular flexibility index (Phi) is 5.87. The highest BCUT2D eigenvalue weighted by molar-refractivity contribution is 5.79. The molecule has 0 saturated heterocycles. The predicted molar refractivity (Wildman–Crippen MR) is 89.2 cm³/mol. The molecule has 136 valence electrons. The summed E-state index contributed by atoms with van der Waals surface area (Å²) in [5, 5.41) is 2.77. The molecule has 4 nitrogen and oxygen atoms in total. The molecule has 1 amide bonds. The number of benzene rings is 1. The molecule has 0 saturated carbocycles. The maximum atomic E-state index is 12.7. The van der Waals surface area contributed by atoms with Gasteiger partial charge in [-0.3, -0.25) is 4.79 Å². The van der Waals surface area contributed by atoms with Gasteiger partial charge >= 0.3 is 6.18 Å². The third-order valence-corrected chi connectivity index (χ3v) is 3.98. The van der Waals surface area contributed by atoms with E-state index in [0.29, 0.717) is 12.0 Å². The van der Waals surface area contributed by atoms with Gasteiger partial charge in [0.05, 0.1) is 5.56 Å². The Morgan fingerprint density at radius 1 is 1.28 bits per heavy atom. The molecule has 0 bridgehead atoms. The predicted octanol–water partition coefficient (Wildman–Crippen LogP) is 3.95. The van der Waals surface area contributed by atoms with Crippen LogP contribution < -0.4 is 5.32 Å². The van der Waals surface area contributed by atoms with Crippen molar-refractivity contribution in [2.45, 2.75) is 45.3 Å². The fourth-order valence-electron chi connectivity index (χ4n) is 2.61. The third-order valence-electron chi connectivity index (χ3n) is 3.98. The average molecular weight is 353 g/mol. The van der Waals surface area contributed by atoms with E-state index in [1.54, 1.807) is 25.4 Å². The Labute approximate surface area is 145 Å². The van der Waals surface area contributed by atoms with Crippen LogP contribution in [0.25, 0.3) is 0 Å². The molecule has 1 N–H and O–H groups in total. The Hall–Kier alpha value is -2.31. The second-order valence-corrected chi connectivity index (χ2v) is 6.26. The Balaban J connectivity index is 1.93. The molecule has 25 heavy (non-hydrogen) atoms. The van der Waals surface area contributed by atoms with Crippen molar-refractivity contribution < 1.29 is 18.0 Å². The minimum atomic E-state index is -4.36. The van der Waals surface area contributed by atoms with E-state index in [2.05, 4.69) is 10.3 Å². The van der Waals surface area contributed by atoms with Crippen LogP contribution in [0.2, 0.25) is 0 Å². The lowest BCUT2D eigenvalue weighted by molar-refractivity contribution is -0.137. The normalized spacial score (nSPS) is 13.1. The molecule has 1 heterocycles. The fraction of sp³-hybridized carbons (Fsp3) is 0.444. The molecule has 0 spiro atoms. The number of alkyl halides is 3. The van der Waals surface area contributed by atoms with Gasteiger partial charge in [0.15, 0.2) is 0 Å². The second-order valence-electron chi connectivity index (χ2n) is 6.26. The van der Waals surface area contributed by atoms with Crippen LogP contribution in [-0.4, -0.2) is 22.0 Å².